The van der Waals surface area contributed by atoms with E-state index in [9.17, 15) is 13.2 Å². The summed E-state index contributed by atoms with van der Waals surface area (Å²) in [5.74, 6) is 0.0420. The Kier molecular flexibility index (Phi) is 7.44. The normalized spacial score (nSPS) is 18.9. The molecule has 0 unspecified atom stereocenters. The van der Waals surface area contributed by atoms with Gasteiger partial charge in [0.05, 0.1) is 11.7 Å². The van der Waals surface area contributed by atoms with Crippen molar-refractivity contribution in [1.29, 1.82) is 0 Å². The summed E-state index contributed by atoms with van der Waals surface area (Å²) in [5, 5.41) is 0. The fourth-order valence-corrected chi connectivity index (χ4v) is 5.00. The van der Waals surface area contributed by atoms with Crippen LogP contribution in [0.2, 0.25) is 0 Å². The predicted molar refractivity (Wildman–Crippen MR) is 101 cm³/mol. The summed E-state index contributed by atoms with van der Waals surface area (Å²) in [6, 6.07) is 9.94. The van der Waals surface area contributed by atoms with E-state index in [4.69, 9.17) is 0 Å². The van der Waals surface area contributed by atoms with Crippen LogP contribution in [0.5, 0.6) is 0 Å². The third-order valence-corrected chi connectivity index (χ3v) is 6.84. The first-order chi connectivity index (χ1) is 12.0. The zero-order valence-electron chi connectivity index (χ0n) is 15.4. The molecule has 5 nitrogen and oxygen atoms in total. The van der Waals surface area contributed by atoms with Crippen molar-refractivity contribution >= 4 is 15.9 Å². The Balaban J connectivity index is 1.91. The Morgan fingerprint density at radius 2 is 1.88 bits per heavy atom. The number of piperidine rings is 1. The van der Waals surface area contributed by atoms with Crippen molar-refractivity contribution in [3.8, 4) is 0 Å². The van der Waals surface area contributed by atoms with Gasteiger partial charge in [-0.1, -0.05) is 30.3 Å². The van der Waals surface area contributed by atoms with Gasteiger partial charge in [-0.2, -0.15) is 0 Å². The number of benzene rings is 1. The largest absolute Gasteiger partial charge is 0.343 e. The summed E-state index contributed by atoms with van der Waals surface area (Å²) < 4.78 is 26.8. The van der Waals surface area contributed by atoms with Crippen molar-refractivity contribution in [2.75, 3.05) is 31.9 Å². The smallest absolute Gasteiger partial charge is 0.226 e. The lowest BCUT2D eigenvalue weighted by Gasteiger charge is -2.33. The van der Waals surface area contributed by atoms with E-state index in [2.05, 4.69) is 0 Å². The van der Waals surface area contributed by atoms with E-state index < -0.39 is 10.0 Å². The lowest BCUT2D eigenvalue weighted by molar-refractivity contribution is -0.136. The van der Waals surface area contributed by atoms with Crippen molar-refractivity contribution in [1.82, 2.24) is 9.21 Å². The highest BCUT2D eigenvalue weighted by atomic mass is 32.2. The number of aryl methyl sites for hydroxylation is 1. The SMILES string of the molecule is CCN(CC)C(=O)[C@H]1CCCN(S(=O)(=O)CCCc2ccccc2)C1. The summed E-state index contributed by atoms with van der Waals surface area (Å²) in [6.45, 7) is 6.15. The molecule has 1 fully saturated rings. The maximum Gasteiger partial charge on any atom is 0.226 e. The minimum atomic E-state index is -3.30. The molecule has 6 heteroatoms. The van der Waals surface area contributed by atoms with E-state index in [0.717, 1.165) is 24.8 Å². The lowest BCUT2D eigenvalue weighted by Crippen LogP contribution is -2.47. The molecule has 0 bridgehead atoms. The monoisotopic (exact) mass is 366 g/mol. The highest BCUT2D eigenvalue weighted by Crippen LogP contribution is 2.22. The molecule has 0 spiro atoms. The van der Waals surface area contributed by atoms with Gasteiger partial charge >= 0.3 is 0 Å². The standard InChI is InChI=1S/C19H30N2O3S/c1-3-20(4-2)19(22)18-13-8-14-21(16-18)25(23,24)15-9-12-17-10-6-5-7-11-17/h5-7,10-11,18H,3-4,8-9,12-16H2,1-2H3/t18-/m0/s1. The topological polar surface area (TPSA) is 57.7 Å². The van der Waals surface area contributed by atoms with Crippen LogP contribution in [0.3, 0.4) is 0 Å². The molecular formula is C19H30N2O3S. The van der Waals surface area contributed by atoms with E-state index in [1.807, 2.05) is 44.2 Å². The van der Waals surface area contributed by atoms with Crippen LogP contribution in [0.15, 0.2) is 30.3 Å². The van der Waals surface area contributed by atoms with E-state index in [1.165, 1.54) is 4.31 Å². The second-order valence-electron chi connectivity index (χ2n) is 6.61. The summed E-state index contributed by atoms with van der Waals surface area (Å²) in [4.78, 5) is 14.3. The first-order valence-electron chi connectivity index (χ1n) is 9.28. The Hall–Kier alpha value is -1.40. The lowest BCUT2D eigenvalue weighted by atomic mass is 9.98. The Bertz CT molecular complexity index is 642. The highest BCUT2D eigenvalue weighted by molar-refractivity contribution is 7.89. The Labute approximate surface area is 152 Å². The number of rotatable bonds is 8. The van der Waals surface area contributed by atoms with Crippen molar-refractivity contribution in [2.45, 2.75) is 39.5 Å². The summed E-state index contributed by atoms with van der Waals surface area (Å²) >= 11 is 0. The number of amides is 1. The molecule has 0 saturated carbocycles. The van der Waals surface area contributed by atoms with Gasteiger partial charge < -0.3 is 4.90 Å². The third kappa shape index (κ3) is 5.54. The Morgan fingerprint density at radius 1 is 1.20 bits per heavy atom. The zero-order valence-corrected chi connectivity index (χ0v) is 16.2. The van der Waals surface area contributed by atoms with Crippen molar-refractivity contribution in [2.24, 2.45) is 5.92 Å². The molecule has 1 aliphatic heterocycles. The third-order valence-electron chi connectivity index (χ3n) is 4.91. The maximum absolute atomic E-state index is 12.7. The minimum absolute atomic E-state index is 0.0918. The number of hydrogen-bond acceptors (Lipinski definition) is 3. The van der Waals surface area contributed by atoms with Gasteiger partial charge in [0.1, 0.15) is 0 Å². The summed E-state index contributed by atoms with van der Waals surface area (Å²) in [5.41, 5.74) is 1.16. The van der Waals surface area contributed by atoms with Crippen LogP contribution in [0.4, 0.5) is 0 Å². The molecule has 0 aromatic heterocycles. The van der Waals surface area contributed by atoms with Gasteiger partial charge in [0, 0.05) is 26.2 Å². The minimum Gasteiger partial charge on any atom is -0.343 e. The van der Waals surface area contributed by atoms with Gasteiger partial charge in [-0.25, -0.2) is 12.7 Å². The molecule has 25 heavy (non-hydrogen) atoms. The van der Waals surface area contributed by atoms with Gasteiger partial charge in [-0.3, -0.25) is 4.79 Å². The molecule has 1 saturated heterocycles. The number of carbonyl (C=O) groups is 1. The van der Waals surface area contributed by atoms with E-state index in [-0.39, 0.29) is 17.6 Å². The molecule has 140 valence electrons. The van der Waals surface area contributed by atoms with Gasteiger partial charge in [0.2, 0.25) is 15.9 Å². The van der Waals surface area contributed by atoms with E-state index in [0.29, 0.717) is 32.6 Å². The molecule has 1 aromatic rings. The molecule has 0 radical (unpaired) electrons. The molecule has 1 atom stereocenters. The fourth-order valence-electron chi connectivity index (χ4n) is 3.42. The quantitative estimate of drug-likeness (QED) is 0.710. The van der Waals surface area contributed by atoms with Crippen LogP contribution in [-0.4, -0.2) is 55.5 Å². The van der Waals surface area contributed by atoms with Crippen LogP contribution in [0, 0.1) is 5.92 Å². The van der Waals surface area contributed by atoms with Crippen LogP contribution in [0.1, 0.15) is 38.7 Å². The van der Waals surface area contributed by atoms with E-state index in [1.54, 1.807) is 4.90 Å². The summed E-state index contributed by atoms with van der Waals surface area (Å²) in [7, 11) is -3.30. The number of sulfonamides is 1. The maximum atomic E-state index is 12.7. The predicted octanol–water partition coefficient (Wildman–Crippen LogP) is 2.53. The molecule has 2 rings (SSSR count). The van der Waals surface area contributed by atoms with Crippen LogP contribution in [-0.2, 0) is 21.2 Å². The molecule has 1 aromatic carbocycles. The zero-order chi connectivity index (χ0) is 18.3. The van der Waals surface area contributed by atoms with Crippen molar-refractivity contribution in [3.63, 3.8) is 0 Å². The Morgan fingerprint density at radius 3 is 2.52 bits per heavy atom. The number of carbonyl (C=O) groups excluding carboxylic acids is 1. The van der Waals surface area contributed by atoms with Crippen molar-refractivity contribution < 1.29 is 13.2 Å². The van der Waals surface area contributed by atoms with Crippen molar-refractivity contribution in [3.05, 3.63) is 35.9 Å². The fraction of sp³-hybridized carbons (Fsp3) is 0.632. The van der Waals surface area contributed by atoms with Crippen LogP contribution < -0.4 is 0 Å². The van der Waals surface area contributed by atoms with E-state index >= 15 is 0 Å². The van der Waals surface area contributed by atoms with Gasteiger partial charge in [0.15, 0.2) is 0 Å². The number of nitrogens with zero attached hydrogens (tertiary/aromatic N) is 2. The molecule has 1 aliphatic rings. The van der Waals surface area contributed by atoms with Crippen LogP contribution >= 0.6 is 0 Å². The second-order valence-corrected chi connectivity index (χ2v) is 8.70. The average molecular weight is 367 g/mol. The summed E-state index contributed by atoms with van der Waals surface area (Å²) in [6.07, 6.45) is 2.91. The first kappa shape index (κ1) is 19.9. The van der Waals surface area contributed by atoms with Gasteiger partial charge in [-0.15, -0.1) is 0 Å². The first-order valence-corrected chi connectivity index (χ1v) is 10.9. The number of hydrogen-bond donors (Lipinski definition) is 0. The van der Waals surface area contributed by atoms with Gasteiger partial charge in [0.25, 0.3) is 0 Å². The second kappa shape index (κ2) is 9.34. The molecule has 1 heterocycles. The van der Waals surface area contributed by atoms with Crippen LogP contribution in [0.25, 0.3) is 0 Å². The molecule has 0 aliphatic carbocycles. The highest BCUT2D eigenvalue weighted by Gasteiger charge is 2.33. The molecule has 1 amide bonds. The average Bonchev–Trinajstić information content (AvgIpc) is 2.63. The molecule has 0 N–H and O–H groups in total. The van der Waals surface area contributed by atoms with Gasteiger partial charge in [-0.05, 0) is 45.1 Å². The molecular weight excluding hydrogens is 336 g/mol.